The van der Waals surface area contributed by atoms with Gasteiger partial charge in [-0.25, -0.2) is 0 Å². The third kappa shape index (κ3) is 3.92. The summed E-state index contributed by atoms with van der Waals surface area (Å²) in [6.07, 6.45) is 1.16. The number of nitrogens with one attached hydrogen (secondary N) is 1. The smallest absolute Gasteiger partial charge is 0.0676 e. The lowest BCUT2D eigenvalue weighted by Crippen LogP contribution is -2.28. The maximum Gasteiger partial charge on any atom is 0.0676 e. The molecule has 0 atom stereocenters. The minimum absolute atomic E-state index is 0.728. The molecule has 0 aliphatic rings. The van der Waals surface area contributed by atoms with Crippen LogP contribution in [0.15, 0.2) is 24.3 Å². The van der Waals surface area contributed by atoms with Gasteiger partial charge in [-0.2, -0.15) is 0 Å². The second-order valence-electron chi connectivity index (χ2n) is 4.47. The largest absolute Gasteiger partial charge is 0.362 e. The molecule has 0 aliphatic heterocycles. The third-order valence-electron chi connectivity index (χ3n) is 2.42. The summed E-state index contributed by atoms with van der Waals surface area (Å²) < 4.78 is 0. The summed E-state index contributed by atoms with van der Waals surface area (Å²) in [6.45, 7) is 5.38. The Hall–Kier alpha value is -1.02. The zero-order chi connectivity index (χ0) is 11.3. The normalized spacial score (nSPS) is 10.7. The van der Waals surface area contributed by atoms with Gasteiger partial charge in [-0.15, -0.1) is 0 Å². The van der Waals surface area contributed by atoms with E-state index in [2.05, 4.69) is 55.4 Å². The number of nitrogens with zero attached hydrogens (tertiary/aromatic N) is 1. The summed E-state index contributed by atoms with van der Waals surface area (Å²) in [4.78, 5) is 2.19. The molecule has 1 aromatic carbocycles. The van der Waals surface area contributed by atoms with Crippen LogP contribution in [0.2, 0.25) is 0 Å². The van der Waals surface area contributed by atoms with Crippen molar-refractivity contribution in [3.63, 3.8) is 0 Å². The summed E-state index contributed by atoms with van der Waals surface area (Å²) in [6, 6.07) is 8.83. The Morgan fingerprint density at radius 2 is 1.80 bits per heavy atom. The van der Waals surface area contributed by atoms with Crippen LogP contribution >= 0.6 is 0 Å². The zero-order valence-electron chi connectivity index (χ0n) is 10.2. The first-order valence-corrected chi connectivity index (χ1v) is 5.58. The van der Waals surface area contributed by atoms with E-state index in [1.807, 2.05) is 7.05 Å². The van der Waals surface area contributed by atoms with Crippen LogP contribution in [0.3, 0.4) is 0 Å². The van der Waals surface area contributed by atoms with E-state index in [0.717, 1.165) is 19.0 Å². The lowest BCUT2D eigenvalue weighted by atomic mass is 10.0. The van der Waals surface area contributed by atoms with Crippen molar-refractivity contribution in [2.75, 3.05) is 25.7 Å². The van der Waals surface area contributed by atoms with Crippen LogP contribution in [0.4, 0.5) is 5.69 Å². The fourth-order valence-corrected chi connectivity index (χ4v) is 1.69. The molecule has 1 aromatic rings. The minimum Gasteiger partial charge on any atom is -0.362 e. The molecule has 84 valence electrons. The molecule has 0 aliphatic carbocycles. The molecule has 0 spiro atoms. The Bertz CT molecular complexity index is 277. The molecule has 0 fully saturated rings. The van der Waals surface area contributed by atoms with Gasteiger partial charge in [0, 0.05) is 12.7 Å². The molecule has 0 unspecified atom stereocenters. The molecule has 0 radical (unpaired) electrons. The first kappa shape index (κ1) is 12.1. The summed E-state index contributed by atoms with van der Waals surface area (Å²) in [5.41, 5.74) is 2.68. The van der Waals surface area contributed by atoms with Crippen molar-refractivity contribution in [3.8, 4) is 0 Å². The van der Waals surface area contributed by atoms with Crippen molar-refractivity contribution in [3.05, 3.63) is 29.8 Å². The van der Waals surface area contributed by atoms with E-state index in [-0.39, 0.29) is 0 Å². The summed E-state index contributed by atoms with van der Waals surface area (Å²) >= 11 is 0. The number of rotatable bonds is 5. The fraction of sp³-hybridized carbons (Fsp3) is 0.538. The fourth-order valence-electron chi connectivity index (χ4n) is 1.69. The van der Waals surface area contributed by atoms with Crippen LogP contribution < -0.4 is 10.2 Å². The van der Waals surface area contributed by atoms with E-state index in [0.29, 0.717) is 0 Å². The molecule has 0 heterocycles. The Morgan fingerprint density at radius 1 is 1.20 bits per heavy atom. The van der Waals surface area contributed by atoms with E-state index in [1.54, 1.807) is 0 Å². The average Bonchev–Trinajstić information content (AvgIpc) is 2.18. The Kier molecular flexibility index (Phi) is 4.63. The van der Waals surface area contributed by atoms with Crippen LogP contribution in [0, 0.1) is 5.92 Å². The van der Waals surface area contributed by atoms with Crippen molar-refractivity contribution in [1.82, 2.24) is 5.32 Å². The van der Waals surface area contributed by atoms with Crippen LogP contribution in [0.1, 0.15) is 19.4 Å². The molecule has 1 rings (SSSR count). The van der Waals surface area contributed by atoms with Crippen LogP contribution in [-0.4, -0.2) is 20.8 Å². The second-order valence-corrected chi connectivity index (χ2v) is 4.47. The average molecular weight is 206 g/mol. The highest BCUT2D eigenvalue weighted by molar-refractivity contribution is 5.46. The topological polar surface area (TPSA) is 15.3 Å². The summed E-state index contributed by atoms with van der Waals surface area (Å²) in [7, 11) is 4.05. The molecule has 0 saturated heterocycles. The highest BCUT2D eigenvalue weighted by atomic mass is 15.2. The van der Waals surface area contributed by atoms with Crippen molar-refractivity contribution in [1.29, 1.82) is 0 Å². The van der Waals surface area contributed by atoms with Gasteiger partial charge >= 0.3 is 0 Å². The van der Waals surface area contributed by atoms with Gasteiger partial charge in [0.05, 0.1) is 6.67 Å². The predicted molar refractivity (Wildman–Crippen MR) is 67.3 cm³/mol. The van der Waals surface area contributed by atoms with E-state index in [9.17, 15) is 0 Å². The molecule has 0 saturated carbocycles. The zero-order valence-corrected chi connectivity index (χ0v) is 10.2. The molecule has 0 bridgehead atoms. The lowest BCUT2D eigenvalue weighted by molar-refractivity contribution is 0.647. The maximum absolute atomic E-state index is 3.14. The number of hydrogen-bond donors (Lipinski definition) is 1. The van der Waals surface area contributed by atoms with Gasteiger partial charge in [0.2, 0.25) is 0 Å². The second kappa shape index (κ2) is 5.76. The molecule has 15 heavy (non-hydrogen) atoms. The molecule has 2 heteroatoms. The van der Waals surface area contributed by atoms with Gasteiger partial charge in [-0.3, -0.25) is 0 Å². The highest BCUT2D eigenvalue weighted by Crippen LogP contribution is 2.15. The SMILES string of the molecule is CNCN(C)c1ccc(CC(C)C)cc1. The number of anilines is 1. The van der Waals surface area contributed by atoms with Crippen molar-refractivity contribution in [2.45, 2.75) is 20.3 Å². The van der Waals surface area contributed by atoms with Crippen LogP contribution in [0.5, 0.6) is 0 Å². The third-order valence-corrected chi connectivity index (χ3v) is 2.42. The van der Waals surface area contributed by atoms with E-state index in [4.69, 9.17) is 0 Å². The Labute approximate surface area is 93.3 Å². The first-order valence-electron chi connectivity index (χ1n) is 5.58. The highest BCUT2D eigenvalue weighted by Gasteiger charge is 2.00. The Morgan fingerprint density at radius 3 is 2.27 bits per heavy atom. The molecule has 1 N–H and O–H groups in total. The van der Waals surface area contributed by atoms with Gasteiger partial charge in [0.1, 0.15) is 0 Å². The van der Waals surface area contributed by atoms with Gasteiger partial charge in [0.15, 0.2) is 0 Å². The minimum atomic E-state index is 0.728. The molecule has 2 nitrogen and oxygen atoms in total. The monoisotopic (exact) mass is 206 g/mol. The maximum atomic E-state index is 3.14. The lowest BCUT2D eigenvalue weighted by Gasteiger charge is -2.19. The van der Waals surface area contributed by atoms with Crippen molar-refractivity contribution >= 4 is 5.69 Å². The van der Waals surface area contributed by atoms with Gasteiger partial charge in [-0.1, -0.05) is 26.0 Å². The molecular weight excluding hydrogens is 184 g/mol. The van der Waals surface area contributed by atoms with Crippen LogP contribution in [0.25, 0.3) is 0 Å². The summed E-state index contributed by atoms with van der Waals surface area (Å²) in [5, 5.41) is 3.14. The standard InChI is InChI=1S/C13H22N2/c1-11(2)9-12-5-7-13(8-6-12)15(4)10-14-3/h5-8,11,14H,9-10H2,1-4H3. The summed E-state index contributed by atoms with van der Waals surface area (Å²) in [5.74, 6) is 0.728. The van der Waals surface area contributed by atoms with E-state index < -0.39 is 0 Å². The molecular formula is C13H22N2. The number of benzene rings is 1. The first-order chi connectivity index (χ1) is 7.13. The number of hydrogen-bond acceptors (Lipinski definition) is 2. The molecule has 0 amide bonds. The van der Waals surface area contributed by atoms with Gasteiger partial charge < -0.3 is 10.2 Å². The van der Waals surface area contributed by atoms with Crippen molar-refractivity contribution < 1.29 is 0 Å². The molecule has 0 aromatic heterocycles. The predicted octanol–water partition coefficient (Wildman–Crippen LogP) is 2.50. The van der Waals surface area contributed by atoms with E-state index >= 15 is 0 Å². The van der Waals surface area contributed by atoms with Gasteiger partial charge in [-0.05, 0) is 37.1 Å². The van der Waals surface area contributed by atoms with E-state index in [1.165, 1.54) is 11.3 Å². The van der Waals surface area contributed by atoms with Gasteiger partial charge in [0.25, 0.3) is 0 Å². The Balaban J connectivity index is 2.63. The quantitative estimate of drug-likeness (QED) is 0.745. The van der Waals surface area contributed by atoms with Crippen molar-refractivity contribution in [2.24, 2.45) is 5.92 Å². The van der Waals surface area contributed by atoms with Crippen LogP contribution in [-0.2, 0) is 6.42 Å².